The molecule has 0 atom stereocenters. The quantitative estimate of drug-likeness (QED) is 0.769. The molecule has 0 saturated heterocycles. The molecule has 0 aliphatic rings. The van der Waals surface area contributed by atoms with Crippen LogP contribution in [0.4, 0.5) is 0 Å². The lowest BCUT2D eigenvalue weighted by Gasteiger charge is -2.12. The lowest BCUT2D eigenvalue weighted by Crippen LogP contribution is -2.04. The smallest absolute Gasteiger partial charge is 0.120 e. The van der Waals surface area contributed by atoms with Crippen molar-refractivity contribution in [3.05, 3.63) is 58.4 Å². The minimum absolute atomic E-state index is 0.712. The fraction of sp³-hybridized carbons (Fsp3) is 0.267. The van der Waals surface area contributed by atoms with E-state index in [9.17, 15) is 0 Å². The first-order valence-electron chi connectivity index (χ1n) is 5.74. The van der Waals surface area contributed by atoms with E-state index in [1.54, 1.807) is 0 Å². The van der Waals surface area contributed by atoms with Crippen molar-refractivity contribution in [2.24, 2.45) is 0 Å². The van der Waals surface area contributed by atoms with E-state index < -0.39 is 0 Å². The van der Waals surface area contributed by atoms with E-state index in [0.717, 1.165) is 6.54 Å². The number of nitriles is 1. The zero-order valence-corrected chi connectivity index (χ0v) is 10.5. The van der Waals surface area contributed by atoms with Gasteiger partial charge in [-0.05, 0) is 49.6 Å². The van der Waals surface area contributed by atoms with Gasteiger partial charge in [-0.3, -0.25) is 0 Å². The Kier molecular flexibility index (Phi) is 3.01. The minimum Gasteiger partial charge on any atom is -0.335 e. The van der Waals surface area contributed by atoms with Crippen LogP contribution in [-0.4, -0.2) is 4.57 Å². The van der Waals surface area contributed by atoms with Gasteiger partial charge >= 0.3 is 0 Å². The van der Waals surface area contributed by atoms with Crippen molar-refractivity contribution in [2.45, 2.75) is 27.3 Å². The predicted octanol–water partition coefficient (Wildman–Crippen LogP) is 3.33. The van der Waals surface area contributed by atoms with Gasteiger partial charge in [0, 0.05) is 12.7 Å². The zero-order chi connectivity index (χ0) is 12.4. The topological polar surface area (TPSA) is 28.7 Å². The third-order valence-corrected chi connectivity index (χ3v) is 3.11. The second-order valence-electron chi connectivity index (χ2n) is 4.51. The molecule has 1 aromatic heterocycles. The van der Waals surface area contributed by atoms with Crippen LogP contribution in [0.2, 0.25) is 0 Å². The molecular weight excluding hydrogens is 208 g/mol. The van der Waals surface area contributed by atoms with Gasteiger partial charge in [-0.25, -0.2) is 0 Å². The van der Waals surface area contributed by atoms with E-state index >= 15 is 0 Å². The second kappa shape index (κ2) is 4.47. The van der Waals surface area contributed by atoms with Gasteiger partial charge in [-0.15, -0.1) is 0 Å². The normalized spacial score (nSPS) is 10.2. The Morgan fingerprint density at radius 3 is 2.41 bits per heavy atom. The molecule has 2 nitrogen and oxygen atoms in total. The molecule has 2 rings (SSSR count). The summed E-state index contributed by atoms with van der Waals surface area (Å²) < 4.78 is 1.99. The Hall–Kier alpha value is -2.01. The van der Waals surface area contributed by atoms with Crippen LogP contribution < -0.4 is 0 Å². The van der Waals surface area contributed by atoms with E-state index in [1.165, 1.54) is 22.3 Å². The first-order valence-corrected chi connectivity index (χ1v) is 5.74. The summed E-state index contributed by atoms with van der Waals surface area (Å²) in [6.45, 7) is 7.14. The van der Waals surface area contributed by atoms with Gasteiger partial charge in [0.1, 0.15) is 11.8 Å². The predicted molar refractivity (Wildman–Crippen MR) is 68.9 cm³/mol. The first kappa shape index (κ1) is 11.5. The second-order valence-corrected chi connectivity index (χ2v) is 4.51. The molecule has 17 heavy (non-hydrogen) atoms. The highest BCUT2D eigenvalue weighted by Crippen LogP contribution is 2.18. The Balaban J connectivity index is 2.41. The average molecular weight is 224 g/mol. The van der Waals surface area contributed by atoms with Crippen molar-refractivity contribution in [1.82, 2.24) is 4.57 Å². The highest BCUT2D eigenvalue weighted by atomic mass is 15.0. The van der Waals surface area contributed by atoms with E-state index in [0.29, 0.717) is 5.69 Å². The molecule has 2 aromatic rings. The third kappa shape index (κ3) is 2.24. The first-order chi connectivity index (χ1) is 8.11. The Morgan fingerprint density at radius 2 is 1.82 bits per heavy atom. The molecule has 0 saturated carbocycles. The molecule has 1 heterocycles. The summed E-state index contributed by atoms with van der Waals surface area (Å²) in [4.78, 5) is 0. The number of aryl methyl sites for hydroxylation is 3. The van der Waals surface area contributed by atoms with Gasteiger partial charge in [0.05, 0.1) is 0 Å². The number of hydrogen-bond donors (Lipinski definition) is 0. The van der Waals surface area contributed by atoms with Crippen LogP contribution in [0.15, 0.2) is 30.5 Å². The number of aromatic nitrogens is 1. The largest absolute Gasteiger partial charge is 0.335 e. The van der Waals surface area contributed by atoms with Crippen molar-refractivity contribution < 1.29 is 0 Å². The Morgan fingerprint density at radius 1 is 1.18 bits per heavy atom. The number of nitrogens with zero attached hydrogens (tertiary/aromatic N) is 2. The van der Waals surface area contributed by atoms with E-state index in [2.05, 4.69) is 39.0 Å². The summed E-state index contributed by atoms with van der Waals surface area (Å²) in [5.41, 5.74) is 5.89. The maximum atomic E-state index is 9.00. The maximum Gasteiger partial charge on any atom is 0.120 e. The summed E-state index contributed by atoms with van der Waals surface area (Å²) in [7, 11) is 0. The summed E-state index contributed by atoms with van der Waals surface area (Å²) >= 11 is 0. The standard InChI is InChI=1S/C15H16N2/c1-11-7-12(2)15(13(3)8-11)10-17-6-4-5-14(17)9-16/h4-8H,10H2,1-3H3. The summed E-state index contributed by atoms with van der Waals surface area (Å²) in [5.74, 6) is 0. The Labute approximate surface area is 102 Å². The van der Waals surface area contributed by atoms with Crippen LogP contribution >= 0.6 is 0 Å². The van der Waals surface area contributed by atoms with E-state index in [1.807, 2.05) is 22.9 Å². The molecular formula is C15H16N2. The Bertz CT molecular complexity index is 562. The molecule has 1 aromatic carbocycles. The molecule has 86 valence electrons. The van der Waals surface area contributed by atoms with Gasteiger partial charge in [0.2, 0.25) is 0 Å². The highest BCUT2D eigenvalue weighted by Gasteiger charge is 2.06. The van der Waals surface area contributed by atoms with Crippen LogP contribution in [0.3, 0.4) is 0 Å². The van der Waals surface area contributed by atoms with Crippen LogP contribution in [0.5, 0.6) is 0 Å². The van der Waals surface area contributed by atoms with Crippen molar-refractivity contribution >= 4 is 0 Å². The highest BCUT2D eigenvalue weighted by molar-refractivity contribution is 5.38. The van der Waals surface area contributed by atoms with Crippen molar-refractivity contribution in [3.63, 3.8) is 0 Å². The number of hydrogen-bond acceptors (Lipinski definition) is 1. The van der Waals surface area contributed by atoms with Gasteiger partial charge in [-0.1, -0.05) is 17.7 Å². The number of benzene rings is 1. The van der Waals surface area contributed by atoms with Crippen molar-refractivity contribution in [1.29, 1.82) is 5.26 Å². The van der Waals surface area contributed by atoms with Crippen LogP contribution in [0.25, 0.3) is 0 Å². The summed E-state index contributed by atoms with van der Waals surface area (Å²) in [5, 5.41) is 9.00. The monoisotopic (exact) mass is 224 g/mol. The number of rotatable bonds is 2. The van der Waals surface area contributed by atoms with Crippen LogP contribution in [0, 0.1) is 32.1 Å². The SMILES string of the molecule is Cc1cc(C)c(Cn2cccc2C#N)c(C)c1. The van der Waals surface area contributed by atoms with Gasteiger partial charge in [0.25, 0.3) is 0 Å². The average Bonchev–Trinajstić information content (AvgIpc) is 2.70. The van der Waals surface area contributed by atoms with Gasteiger partial charge in [-0.2, -0.15) is 5.26 Å². The fourth-order valence-electron chi connectivity index (χ4n) is 2.28. The van der Waals surface area contributed by atoms with Gasteiger partial charge < -0.3 is 4.57 Å². The lowest BCUT2D eigenvalue weighted by molar-refractivity contribution is 0.782. The molecule has 0 radical (unpaired) electrons. The van der Waals surface area contributed by atoms with Crippen molar-refractivity contribution in [2.75, 3.05) is 0 Å². The third-order valence-electron chi connectivity index (χ3n) is 3.11. The molecule has 0 bridgehead atoms. The molecule has 0 N–H and O–H groups in total. The van der Waals surface area contributed by atoms with E-state index in [-0.39, 0.29) is 0 Å². The van der Waals surface area contributed by atoms with Crippen molar-refractivity contribution in [3.8, 4) is 6.07 Å². The molecule has 0 aliphatic carbocycles. The van der Waals surface area contributed by atoms with Gasteiger partial charge in [0.15, 0.2) is 0 Å². The minimum atomic E-state index is 0.712. The molecule has 0 spiro atoms. The van der Waals surface area contributed by atoms with E-state index in [4.69, 9.17) is 5.26 Å². The lowest BCUT2D eigenvalue weighted by atomic mass is 10.00. The summed E-state index contributed by atoms with van der Waals surface area (Å²) in [6, 6.07) is 10.4. The maximum absolute atomic E-state index is 9.00. The van der Waals surface area contributed by atoms with Crippen LogP contribution in [-0.2, 0) is 6.54 Å². The molecule has 0 aliphatic heterocycles. The molecule has 2 heteroatoms. The van der Waals surface area contributed by atoms with Crippen LogP contribution in [0.1, 0.15) is 27.9 Å². The zero-order valence-electron chi connectivity index (χ0n) is 10.5. The molecule has 0 fully saturated rings. The molecule has 0 unspecified atom stereocenters. The molecule has 0 amide bonds. The summed E-state index contributed by atoms with van der Waals surface area (Å²) in [6.07, 6.45) is 1.96. The fourth-order valence-corrected chi connectivity index (χ4v) is 2.28.